The first-order chi connectivity index (χ1) is 13.0. The van der Waals surface area contributed by atoms with E-state index in [2.05, 4.69) is 10.6 Å². The Bertz CT molecular complexity index is 837. The fraction of sp³-hybridized carbons (Fsp3) is 0.333. The number of nitrogens with zero attached hydrogens (tertiary/aromatic N) is 1. The van der Waals surface area contributed by atoms with Gasteiger partial charge in [0.15, 0.2) is 0 Å². The van der Waals surface area contributed by atoms with Crippen LogP contribution in [0.1, 0.15) is 29.8 Å². The minimum Gasteiger partial charge on any atom is -0.396 e. The van der Waals surface area contributed by atoms with E-state index in [1.54, 1.807) is 29.2 Å². The van der Waals surface area contributed by atoms with E-state index in [0.717, 1.165) is 12.1 Å². The molecule has 0 aliphatic carbocycles. The molecule has 0 saturated carbocycles. The van der Waals surface area contributed by atoms with Crippen molar-refractivity contribution < 1.29 is 14.7 Å². The summed E-state index contributed by atoms with van der Waals surface area (Å²) in [6.45, 7) is 4.36. The van der Waals surface area contributed by atoms with Crippen molar-refractivity contribution in [3.05, 3.63) is 59.7 Å². The van der Waals surface area contributed by atoms with E-state index in [4.69, 9.17) is 5.11 Å². The van der Waals surface area contributed by atoms with Crippen LogP contribution in [0.2, 0.25) is 0 Å². The van der Waals surface area contributed by atoms with Crippen molar-refractivity contribution in [2.75, 3.05) is 23.4 Å². The van der Waals surface area contributed by atoms with Crippen LogP contribution in [0.25, 0.3) is 0 Å². The molecule has 0 fully saturated rings. The lowest BCUT2D eigenvalue weighted by Crippen LogP contribution is -2.40. The predicted octanol–water partition coefficient (Wildman–Crippen LogP) is 3.03. The summed E-state index contributed by atoms with van der Waals surface area (Å²) in [5.74, 6) is -0.120. The van der Waals surface area contributed by atoms with E-state index >= 15 is 0 Å². The highest BCUT2D eigenvalue weighted by molar-refractivity contribution is 6.08. The average Bonchev–Trinajstić information content (AvgIpc) is 3.10. The molecular formula is C21H25N3O3. The van der Waals surface area contributed by atoms with Crippen molar-refractivity contribution in [3.8, 4) is 0 Å². The lowest BCUT2D eigenvalue weighted by atomic mass is 10.1. The monoisotopic (exact) mass is 367 g/mol. The quantitative estimate of drug-likeness (QED) is 0.760. The third-order valence-corrected chi connectivity index (χ3v) is 5.00. The van der Waals surface area contributed by atoms with E-state index in [1.165, 1.54) is 5.56 Å². The predicted molar refractivity (Wildman–Crippen MR) is 106 cm³/mol. The van der Waals surface area contributed by atoms with Crippen LogP contribution in [-0.2, 0) is 6.42 Å². The Morgan fingerprint density at radius 3 is 2.70 bits per heavy atom. The van der Waals surface area contributed by atoms with Gasteiger partial charge in [0.2, 0.25) is 0 Å². The maximum absolute atomic E-state index is 12.9. The number of hydrogen-bond donors (Lipinski definition) is 3. The standard InChI is InChI=1S/C21H25N3O3/c1-14(13-25)15(2)22-21(27)23-18-8-5-7-17(12-18)20(26)24-11-10-16-6-3-4-9-19(16)24/h3-9,12,14-15,25H,10-11,13H2,1-2H3,(H2,22,23,27). The van der Waals surface area contributed by atoms with Gasteiger partial charge in [-0.25, -0.2) is 4.79 Å². The molecule has 6 heteroatoms. The molecule has 1 aliphatic rings. The Morgan fingerprint density at radius 1 is 1.15 bits per heavy atom. The van der Waals surface area contributed by atoms with Crippen LogP contribution in [0.15, 0.2) is 48.5 Å². The minimum atomic E-state index is -0.362. The van der Waals surface area contributed by atoms with Gasteiger partial charge in [-0.3, -0.25) is 4.79 Å². The lowest BCUT2D eigenvalue weighted by Gasteiger charge is -2.20. The Morgan fingerprint density at radius 2 is 1.93 bits per heavy atom. The first-order valence-corrected chi connectivity index (χ1v) is 9.18. The molecule has 0 radical (unpaired) electrons. The summed E-state index contributed by atoms with van der Waals surface area (Å²) in [6, 6.07) is 14.3. The van der Waals surface area contributed by atoms with Gasteiger partial charge in [0, 0.05) is 36.1 Å². The van der Waals surface area contributed by atoms with Crippen LogP contribution >= 0.6 is 0 Å². The Kier molecular flexibility index (Phi) is 5.76. The second-order valence-electron chi connectivity index (χ2n) is 6.96. The van der Waals surface area contributed by atoms with Gasteiger partial charge in [-0.15, -0.1) is 0 Å². The van der Waals surface area contributed by atoms with Gasteiger partial charge in [-0.2, -0.15) is 0 Å². The van der Waals surface area contributed by atoms with Crippen LogP contribution in [0.5, 0.6) is 0 Å². The third kappa shape index (κ3) is 4.28. The SMILES string of the molecule is CC(CO)C(C)NC(=O)Nc1cccc(C(=O)N2CCc3ccccc32)c1. The zero-order valence-electron chi connectivity index (χ0n) is 15.6. The van der Waals surface area contributed by atoms with Crippen molar-refractivity contribution in [1.82, 2.24) is 5.32 Å². The third-order valence-electron chi connectivity index (χ3n) is 5.00. The molecule has 142 valence electrons. The van der Waals surface area contributed by atoms with Crippen molar-refractivity contribution in [2.24, 2.45) is 5.92 Å². The highest BCUT2D eigenvalue weighted by Crippen LogP contribution is 2.29. The number of aliphatic hydroxyl groups is 1. The molecule has 3 N–H and O–H groups in total. The van der Waals surface area contributed by atoms with E-state index in [0.29, 0.717) is 17.8 Å². The first-order valence-electron chi connectivity index (χ1n) is 9.18. The molecule has 2 atom stereocenters. The van der Waals surface area contributed by atoms with Crippen LogP contribution in [0, 0.1) is 5.92 Å². The van der Waals surface area contributed by atoms with Gasteiger partial charge in [0.25, 0.3) is 5.91 Å². The fourth-order valence-electron chi connectivity index (χ4n) is 3.11. The summed E-state index contributed by atoms with van der Waals surface area (Å²) < 4.78 is 0. The molecule has 0 spiro atoms. The number of urea groups is 1. The van der Waals surface area contributed by atoms with Crippen molar-refractivity contribution in [3.63, 3.8) is 0 Å². The van der Waals surface area contributed by atoms with Gasteiger partial charge < -0.3 is 20.6 Å². The zero-order chi connectivity index (χ0) is 19.4. The molecule has 1 heterocycles. The number of rotatable bonds is 5. The topological polar surface area (TPSA) is 81.7 Å². The van der Waals surface area contributed by atoms with E-state index in [1.807, 2.05) is 38.1 Å². The number of nitrogens with one attached hydrogen (secondary N) is 2. The molecular weight excluding hydrogens is 342 g/mol. The highest BCUT2D eigenvalue weighted by Gasteiger charge is 2.25. The summed E-state index contributed by atoms with van der Waals surface area (Å²) in [5.41, 5.74) is 3.20. The van der Waals surface area contributed by atoms with E-state index in [-0.39, 0.29) is 30.5 Å². The molecule has 0 bridgehead atoms. The molecule has 0 saturated heterocycles. The number of amides is 3. The van der Waals surface area contributed by atoms with Gasteiger partial charge in [-0.1, -0.05) is 31.2 Å². The first kappa shape index (κ1) is 18.9. The molecule has 1 aliphatic heterocycles. The van der Waals surface area contributed by atoms with Crippen LogP contribution in [0.4, 0.5) is 16.2 Å². The van der Waals surface area contributed by atoms with Gasteiger partial charge in [0.05, 0.1) is 0 Å². The van der Waals surface area contributed by atoms with Gasteiger partial charge in [-0.05, 0) is 49.1 Å². The van der Waals surface area contributed by atoms with E-state index < -0.39 is 0 Å². The number of carbonyl (C=O) groups is 2. The second kappa shape index (κ2) is 8.22. The Labute approximate surface area is 159 Å². The molecule has 2 aromatic rings. The largest absolute Gasteiger partial charge is 0.396 e. The second-order valence-corrected chi connectivity index (χ2v) is 6.96. The molecule has 2 aromatic carbocycles. The summed E-state index contributed by atoms with van der Waals surface area (Å²) in [4.78, 5) is 26.8. The number of benzene rings is 2. The summed E-state index contributed by atoms with van der Waals surface area (Å²) in [6.07, 6.45) is 0.850. The zero-order valence-corrected chi connectivity index (χ0v) is 15.6. The van der Waals surface area contributed by atoms with Crippen LogP contribution in [0.3, 0.4) is 0 Å². The fourth-order valence-corrected chi connectivity index (χ4v) is 3.11. The molecule has 27 heavy (non-hydrogen) atoms. The van der Waals surface area contributed by atoms with Crippen LogP contribution < -0.4 is 15.5 Å². The number of carbonyl (C=O) groups excluding carboxylic acids is 2. The highest BCUT2D eigenvalue weighted by atomic mass is 16.3. The van der Waals surface area contributed by atoms with Crippen molar-refractivity contribution in [2.45, 2.75) is 26.3 Å². The number of fused-ring (bicyclic) bond motifs is 1. The molecule has 3 amide bonds. The Hall–Kier alpha value is -2.86. The van der Waals surface area contributed by atoms with Crippen molar-refractivity contribution >= 4 is 23.3 Å². The molecule has 6 nitrogen and oxygen atoms in total. The Balaban J connectivity index is 1.69. The summed E-state index contributed by atoms with van der Waals surface area (Å²) >= 11 is 0. The molecule has 2 unspecified atom stereocenters. The summed E-state index contributed by atoms with van der Waals surface area (Å²) in [7, 11) is 0. The van der Waals surface area contributed by atoms with E-state index in [9.17, 15) is 9.59 Å². The minimum absolute atomic E-state index is 0.00272. The molecule has 0 aromatic heterocycles. The van der Waals surface area contributed by atoms with Crippen LogP contribution in [-0.4, -0.2) is 36.2 Å². The number of hydrogen-bond acceptors (Lipinski definition) is 3. The maximum atomic E-state index is 12.9. The van der Waals surface area contributed by atoms with Crippen molar-refractivity contribution in [1.29, 1.82) is 0 Å². The molecule has 3 rings (SSSR count). The average molecular weight is 367 g/mol. The number of para-hydroxylation sites is 1. The van der Waals surface area contributed by atoms with Gasteiger partial charge >= 0.3 is 6.03 Å². The van der Waals surface area contributed by atoms with Gasteiger partial charge in [0.1, 0.15) is 0 Å². The smallest absolute Gasteiger partial charge is 0.319 e. The lowest BCUT2D eigenvalue weighted by molar-refractivity contribution is 0.0989. The number of anilines is 2. The normalized spacial score (nSPS) is 15.0. The summed E-state index contributed by atoms with van der Waals surface area (Å²) in [5, 5.41) is 14.7. The number of aliphatic hydroxyl groups excluding tert-OH is 1. The maximum Gasteiger partial charge on any atom is 0.319 e.